The largest absolute Gasteiger partial charge is 0.744 e. The number of hydrogen-bond acceptors (Lipinski definition) is 6. The predicted octanol–water partition coefficient (Wildman–Crippen LogP) is 4.76. The van der Waals surface area contributed by atoms with E-state index >= 15 is 0 Å². The third-order valence-corrected chi connectivity index (χ3v) is 6.63. The van der Waals surface area contributed by atoms with Crippen LogP contribution in [0.5, 0.6) is 0 Å². The van der Waals surface area contributed by atoms with Gasteiger partial charge in [-0.15, -0.1) is 0 Å². The van der Waals surface area contributed by atoms with Crippen molar-refractivity contribution < 1.29 is 13.0 Å². The van der Waals surface area contributed by atoms with E-state index in [-0.39, 0.29) is 4.90 Å². The lowest BCUT2D eigenvalue weighted by Gasteiger charge is -2.11. The Labute approximate surface area is 187 Å². The molecule has 1 aromatic heterocycles. The van der Waals surface area contributed by atoms with E-state index in [0.29, 0.717) is 0 Å². The maximum Gasteiger partial charge on any atom is 0.259 e. The van der Waals surface area contributed by atoms with Gasteiger partial charge in [-0.05, 0) is 43.3 Å². The Bertz CT molecular complexity index is 1260. The van der Waals surface area contributed by atoms with Crippen LogP contribution in [0.25, 0.3) is 20.4 Å². The van der Waals surface area contributed by atoms with E-state index in [4.69, 9.17) is 4.98 Å². The molecule has 0 unspecified atom stereocenters. The van der Waals surface area contributed by atoms with Gasteiger partial charge in [0, 0.05) is 51.7 Å². The summed E-state index contributed by atoms with van der Waals surface area (Å²) >= 11 is 1.80. The van der Waals surface area contributed by atoms with Crippen LogP contribution in [0.4, 0.5) is 11.4 Å². The quantitative estimate of drug-likeness (QED) is 0.252. The summed E-state index contributed by atoms with van der Waals surface area (Å²) in [5.74, 6) is 0. The first-order chi connectivity index (χ1) is 14.5. The van der Waals surface area contributed by atoms with E-state index < -0.39 is 10.1 Å². The second kappa shape index (κ2) is 9.13. The SMILES string of the molecule is CN(C)c1ccc2nc3ccc(N(C)C)cc3[s+]c2c1.Cc1ccc(S(=O)(=O)[O-])cc1. The monoisotopic (exact) mass is 455 g/mol. The Balaban J connectivity index is 0.000000210. The summed E-state index contributed by atoms with van der Waals surface area (Å²) in [6.45, 7) is 1.82. The molecule has 31 heavy (non-hydrogen) atoms. The standard InChI is InChI=1S/C16H18N3S.C7H8O3S/c1-18(2)11-5-7-13-15(9-11)20-16-10-12(19(3)4)6-8-14(16)17-13;1-6-2-4-7(5-3-6)11(8,9)10/h5-10H,1-4H3;2-5H,1H3,(H,8,9,10)/q+1;/p-1. The van der Waals surface area contributed by atoms with Gasteiger partial charge in [0.15, 0.2) is 0 Å². The molecule has 0 amide bonds. The summed E-state index contributed by atoms with van der Waals surface area (Å²) in [5.41, 5.74) is 5.46. The molecule has 6 nitrogen and oxygen atoms in total. The summed E-state index contributed by atoms with van der Waals surface area (Å²) < 4.78 is 33.6. The Kier molecular flexibility index (Phi) is 6.74. The van der Waals surface area contributed by atoms with E-state index in [1.807, 2.05) is 6.92 Å². The lowest BCUT2D eigenvalue weighted by molar-refractivity contribution is 0.463. The van der Waals surface area contributed by atoms with Crippen LogP contribution in [-0.4, -0.2) is 46.1 Å². The lowest BCUT2D eigenvalue weighted by atomic mass is 10.2. The highest BCUT2D eigenvalue weighted by atomic mass is 32.2. The van der Waals surface area contributed by atoms with Crippen LogP contribution < -0.4 is 9.80 Å². The molecule has 0 atom stereocenters. The van der Waals surface area contributed by atoms with Gasteiger partial charge in [0.1, 0.15) is 21.2 Å². The molecule has 0 aliphatic rings. The molecule has 4 aromatic rings. The van der Waals surface area contributed by atoms with E-state index in [0.717, 1.165) is 16.6 Å². The zero-order valence-electron chi connectivity index (χ0n) is 18.2. The number of nitrogens with zero attached hydrogens (tertiary/aromatic N) is 3. The van der Waals surface area contributed by atoms with Gasteiger partial charge in [-0.2, -0.15) is 0 Å². The molecular weight excluding hydrogens is 430 g/mol. The topological polar surface area (TPSA) is 76.6 Å². The third-order valence-electron chi connectivity index (χ3n) is 4.69. The van der Waals surface area contributed by atoms with Crippen LogP contribution in [0, 0.1) is 6.92 Å². The Hall–Kier alpha value is -2.81. The van der Waals surface area contributed by atoms with Crippen molar-refractivity contribution in [3.8, 4) is 0 Å². The van der Waals surface area contributed by atoms with Crippen molar-refractivity contribution >= 4 is 53.3 Å². The average molecular weight is 456 g/mol. The van der Waals surface area contributed by atoms with Gasteiger partial charge in [-0.1, -0.05) is 17.7 Å². The van der Waals surface area contributed by atoms with E-state index in [1.54, 1.807) is 23.5 Å². The zero-order valence-corrected chi connectivity index (χ0v) is 19.8. The minimum Gasteiger partial charge on any atom is -0.744 e. The summed E-state index contributed by atoms with van der Waals surface area (Å²) in [6.07, 6.45) is 0. The Morgan fingerprint density at radius 2 is 1.23 bits per heavy atom. The number of benzene rings is 3. The van der Waals surface area contributed by atoms with Gasteiger partial charge >= 0.3 is 0 Å². The molecule has 0 saturated carbocycles. The number of aromatic nitrogens is 1. The van der Waals surface area contributed by atoms with Gasteiger partial charge in [-0.3, -0.25) is 0 Å². The Morgan fingerprint density at radius 1 is 0.774 bits per heavy atom. The number of aryl methyl sites for hydroxylation is 1. The molecule has 0 aliphatic carbocycles. The van der Waals surface area contributed by atoms with Crippen molar-refractivity contribution in [3.05, 3.63) is 66.2 Å². The van der Waals surface area contributed by atoms with E-state index in [2.05, 4.69) is 74.4 Å². The summed E-state index contributed by atoms with van der Waals surface area (Å²) in [6, 6.07) is 18.6. The smallest absolute Gasteiger partial charge is 0.259 e. The van der Waals surface area contributed by atoms with Gasteiger partial charge in [0.2, 0.25) is 11.3 Å². The zero-order chi connectivity index (χ0) is 22.8. The predicted molar refractivity (Wildman–Crippen MR) is 129 cm³/mol. The van der Waals surface area contributed by atoms with Crippen molar-refractivity contribution in [2.24, 2.45) is 0 Å². The molecule has 0 bridgehead atoms. The lowest BCUT2D eigenvalue weighted by Crippen LogP contribution is -2.08. The number of anilines is 2. The number of hydrogen-bond donors (Lipinski definition) is 0. The third kappa shape index (κ3) is 5.66. The minimum absolute atomic E-state index is 0.178. The van der Waals surface area contributed by atoms with Crippen LogP contribution >= 0.6 is 11.3 Å². The number of fused-ring (bicyclic) bond motifs is 2. The van der Waals surface area contributed by atoms with Crippen molar-refractivity contribution in [2.45, 2.75) is 11.8 Å². The highest BCUT2D eigenvalue weighted by Gasteiger charge is 2.14. The van der Waals surface area contributed by atoms with Gasteiger partial charge in [-0.25, -0.2) is 13.4 Å². The van der Waals surface area contributed by atoms with Crippen molar-refractivity contribution in [2.75, 3.05) is 38.0 Å². The summed E-state index contributed by atoms with van der Waals surface area (Å²) in [4.78, 5) is 8.81. The maximum atomic E-state index is 10.4. The van der Waals surface area contributed by atoms with Crippen molar-refractivity contribution in [1.29, 1.82) is 0 Å². The molecule has 0 fully saturated rings. The number of rotatable bonds is 3. The Morgan fingerprint density at radius 3 is 1.61 bits per heavy atom. The fourth-order valence-electron chi connectivity index (χ4n) is 2.86. The van der Waals surface area contributed by atoms with E-state index in [9.17, 15) is 13.0 Å². The molecule has 4 rings (SSSR count). The molecule has 0 spiro atoms. The second-order valence-electron chi connectivity index (χ2n) is 7.57. The van der Waals surface area contributed by atoms with Gasteiger partial charge < -0.3 is 14.4 Å². The molecule has 0 saturated heterocycles. The van der Waals surface area contributed by atoms with Crippen LogP contribution in [0.1, 0.15) is 5.56 Å². The first kappa shape index (κ1) is 22.9. The van der Waals surface area contributed by atoms with Crippen LogP contribution in [-0.2, 0) is 10.1 Å². The van der Waals surface area contributed by atoms with Gasteiger partial charge in [0.25, 0.3) is 9.40 Å². The van der Waals surface area contributed by atoms with Crippen molar-refractivity contribution in [3.63, 3.8) is 0 Å². The normalized spacial score (nSPS) is 11.2. The first-order valence-corrected chi connectivity index (χ1v) is 11.8. The maximum absolute atomic E-state index is 10.4. The first-order valence-electron chi connectivity index (χ1n) is 9.59. The average Bonchev–Trinajstić information content (AvgIpc) is 2.71. The molecule has 0 N–H and O–H groups in total. The minimum atomic E-state index is -4.27. The molecule has 0 aliphatic heterocycles. The highest BCUT2D eigenvalue weighted by Crippen LogP contribution is 2.30. The molecular formula is C23H25N3O3S2. The highest BCUT2D eigenvalue weighted by molar-refractivity contribution is 7.85. The fourth-order valence-corrected chi connectivity index (χ4v) is 4.37. The fraction of sp³-hybridized carbons (Fsp3) is 0.217. The summed E-state index contributed by atoms with van der Waals surface area (Å²) in [5, 5.41) is 0. The van der Waals surface area contributed by atoms with Crippen LogP contribution in [0.3, 0.4) is 0 Å². The second-order valence-corrected chi connectivity index (χ2v) is 10.0. The molecule has 1 heterocycles. The molecule has 0 radical (unpaired) electrons. The van der Waals surface area contributed by atoms with Crippen LogP contribution in [0.2, 0.25) is 0 Å². The van der Waals surface area contributed by atoms with Crippen molar-refractivity contribution in [1.82, 2.24) is 4.98 Å². The molecule has 3 aromatic carbocycles. The molecule has 8 heteroatoms. The van der Waals surface area contributed by atoms with Crippen LogP contribution in [0.15, 0.2) is 65.6 Å². The molecule has 162 valence electrons. The summed E-state index contributed by atoms with van der Waals surface area (Å²) in [7, 11) is 3.97. The van der Waals surface area contributed by atoms with E-state index in [1.165, 1.54) is 32.9 Å². The van der Waals surface area contributed by atoms with Gasteiger partial charge in [0.05, 0.1) is 4.90 Å².